The van der Waals surface area contributed by atoms with Crippen LogP contribution in [0.2, 0.25) is 0 Å². The SMILES string of the molecule is Cc1noc(C)c1C(C)n1cncc1C1CCCC(C)N1. The molecule has 0 bridgehead atoms. The Morgan fingerprint density at radius 3 is 2.86 bits per heavy atom. The van der Waals surface area contributed by atoms with Gasteiger partial charge in [-0.2, -0.15) is 0 Å². The van der Waals surface area contributed by atoms with E-state index >= 15 is 0 Å². The van der Waals surface area contributed by atoms with Gasteiger partial charge in [-0.3, -0.25) is 0 Å². The zero-order valence-corrected chi connectivity index (χ0v) is 13.3. The van der Waals surface area contributed by atoms with Crippen LogP contribution in [0.3, 0.4) is 0 Å². The second-order valence-corrected chi connectivity index (χ2v) is 6.19. The van der Waals surface area contributed by atoms with E-state index in [1.807, 2.05) is 26.4 Å². The Labute approximate surface area is 125 Å². The molecule has 1 aliphatic rings. The number of aryl methyl sites for hydroxylation is 2. The molecule has 0 saturated carbocycles. The maximum absolute atomic E-state index is 5.32. The molecule has 2 aromatic heterocycles. The first-order chi connectivity index (χ1) is 10.1. The highest BCUT2D eigenvalue weighted by Gasteiger charge is 2.26. The Morgan fingerprint density at radius 2 is 2.19 bits per heavy atom. The van der Waals surface area contributed by atoms with Crippen molar-refractivity contribution in [1.82, 2.24) is 20.0 Å². The molecule has 3 unspecified atom stereocenters. The molecular weight excluding hydrogens is 264 g/mol. The molecule has 1 fully saturated rings. The summed E-state index contributed by atoms with van der Waals surface area (Å²) in [4.78, 5) is 4.38. The average Bonchev–Trinajstić information content (AvgIpc) is 3.05. The molecule has 3 heterocycles. The lowest BCUT2D eigenvalue weighted by Gasteiger charge is -2.30. The van der Waals surface area contributed by atoms with Crippen molar-refractivity contribution < 1.29 is 4.52 Å². The number of piperidine rings is 1. The molecule has 3 rings (SSSR count). The van der Waals surface area contributed by atoms with Crippen molar-refractivity contribution in [2.24, 2.45) is 0 Å². The van der Waals surface area contributed by atoms with Crippen molar-refractivity contribution in [2.75, 3.05) is 0 Å². The fraction of sp³-hybridized carbons (Fsp3) is 0.625. The van der Waals surface area contributed by atoms with Crippen LogP contribution in [0.25, 0.3) is 0 Å². The molecule has 0 spiro atoms. The zero-order chi connectivity index (χ0) is 15.0. The Morgan fingerprint density at radius 1 is 1.38 bits per heavy atom. The summed E-state index contributed by atoms with van der Waals surface area (Å²) in [5.41, 5.74) is 3.39. The predicted molar refractivity (Wildman–Crippen MR) is 81.2 cm³/mol. The lowest BCUT2D eigenvalue weighted by Crippen LogP contribution is -2.35. The first kappa shape index (κ1) is 14.3. The molecule has 0 aliphatic carbocycles. The van der Waals surface area contributed by atoms with E-state index in [0.717, 1.165) is 17.0 Å². The van der Waals surface area contributed by atoms with Crippen molar-refractivity contribution in [3.05, 3.63) is 35.2 Å². The van der Waals surface area contributed by atoms with Crippen molar-refractivity contribution in [2.45, 2.75) is 65.1 Å². The van der Waals surface area contributed by atoms with E-state index in [4.69, 9.17) is 4.52 Å². The molecule has 0 amide bonds. The Bertz CT molecular complexity index is 596. The van der Waals surface area contributed by atoms with E-state index in [1.165, 1.54) is 25.0 Å². The predicted octanol–water partition coefficient (Wildman–Crippen LogP) is 3.30. The Hall–Kier alpha value is -1.62. The molecular formula is C16H24N4O. The summed E-state index contributed by atoms with van der Waals surface area (Å²) in [5.74, 6) is 0.893. The Kier molecular flexibility index (Phi) is 3.85. The van der Waals surface area contributed by atoms with Gasteiger partial charge < -0.3 is 14.4 Å². The van der Waals surface area contributed by atoms with Crippen LogP contribution < -0.4 is 5.32 Å². The molecule has 5 heteroatoms. The van der Waals surface area contributed by atoms with Crippen molar-refractivity contribution in [3.8, 4) is 0 Å². The van der Waals surface area contributed by atoms with Gasteiger partial charge in [0.15, 0.2) is 0 Å². The summed E-state index contributed by atoms with van der Waals surface area (Å²) in [6.07, 6.45) is 7.61. The van der Waals surface area contributed by atoms with Gasteiger partial charge in [0.25, 0.3) is 0 Å². The lowest BCUT2D eigenvalue weighted by atomic mass is 9.97. The molecule has 1 aliphatic heterocycles. The molecule has 1 N–H and O–H groups in total. The molecule has 3 atom stereocenters. The molecule has 2 aromatic rings. The van der Waals surface area contributed by atoms with Crippen LogP contribution in [0.1, 0.15) is 67.9 Å². The third-order valence-corrected chi connectivity index (χ3v) is 4.59. The van der Waals surface area contributed by atoms with Crippen LogP contribution in [0.15, 0.2) is 17.0 Å². The standard InChI is InChI=1S/C16H24N4O/c1-10-6-5-7-14(18-10)15-8-17-9-20(15)12(3)16-11(2)19-21-13(16)4/h8-10,12,14,18H,5-7H2,1-4H3. The number of imidazole rings is 1. The highest BCUT2D eigenvalue weighted by Crippen LogP contribution is 2.31. The van der Waals surface area contributed by atoms with Crippen LogP contribution in [-0.4, -0.2) is 20.7 Å². The van der Waals surface area contributed by atoms with E-state index < -0.39 is 0 Å². The average molecular weight is 288 g/mol. The fourth-order valence-electron chi connectivity index (χ4n) is 3.51. The fourth-order valence-corrected chi connectivity index (χ4v) is 3.51. The molecule has 21 heavy (non-hydrogen) atoms. The number of rotatable bonds is 3. The summed E-state index contributed by atoms with van der Waals surface area (Å²) in [6, 6.07) is 1.15. The van der Waals surface area contributed by atoms with Gasteiger partial charge in [0.05, 0.1) is 23.8 Å². The first-order valence-corrected chi connectivity index (χ1v) is 7.78. The highest BCUT2D eigenvalue weighted by molar-refractivity contribution is 5.26. The van der Waals surface area contributed by atoms with Crippen molar-refractivity contribution in [3.63, 3.8) is 0 Å². The molecule has 5 nitrogen and oxygen atoms in total. The lowest BCUT2D eigenvalue weighted by molar-refractivity contribution is 0.327. The summed E-state index contributed by atoms with van der Waals surface area (Å²) in [7, 11) is 0. The number of aromatic nitrogens is 3. The minimum Gasteiger partial charge on any atom is -0.361 e. The molecule has 0 aromatic carbocycles. The summed E-state index contributed by atoms with van der Waals surface area (Å²) < 4.78 is 7.57. The quantitative estimate of drug-likeness (QED) is 0.941. The van der Waals surface area contributed by atoms with Crippen LogP contribution >= 0.6 is 0 Å². The highest BCUT2D eigenvalue weighted by atomic mass is 16.5. The van der Waals surface area contributed by atoms with Gasteiger partial charge in [-0.25, -0.2) is 4.98 Å². The normalized spacial score (nSPS) is 24.2. The zero-order valence-electron chi connectivity index (χ0n) is 13.3. The maximum Gasteiger partial charge on any atom is 0.139 e. The number of nitrogens with zero attached hydrogens (tertiary/aromatic N) is 3. The van der Waals surface area contributed by atoms with Crippen LogP contribution in [0, 0.1) is 13.8 Å². The molecule has 114 valence electrons. The number of nitrogens with one attached hydrogen (secondary N) is 1. The van der Waals surface area contributed by atoms with E-state index in [0.29, 0.717) is 12.1 Å². The van der Waals surface area contributed by atoms with E-state index in [9.17, 15) is 0 Å². The first-order valence-electron chi connectivity index (χ1n) is 7.78. The van der Waals surface area contributed by atoms with E-state index in [2.05, 4.69) is 33.9 Å². The summed E-state index contributed by atoms with van der Waals surface area (Å²) in [6.45, 7) is 8.41. The third-order valence-electron chi connectivity index (χ3n) is 4.59. The van der Waals surface area contributed by atoms with Crippen LogP contribution in [-0.2, 0) is 0 Å². The van der Waals surface area contributed by atoms with Gasteiger partial charge in [0.2, 0.25) is 0 Å². The maximum atomic E-state index is 5.32. The number of hydrogen-bond donors (Lipinski definition) is 1. The second-order valence-electron chi connectivity index (χ2n) is 6.19. The van der Waals surface area contributed by atoms with Crippen molar-refractivity contribution >= 4 is 0 Å². The van der Waals surface area contributed by atoms with Gasteiger partial charge in [0.1, 0.15) is 5.76 Å². The van der Waals surface area contributed by atoms with Gasteiger partial charge in [-0.05, 0) is 47.0 Å². The summed E-state index contributed by atoms with van der Waals surface area (Å²) >= 11 is 0. The van der Waals surface area contributed by atoms with Gasteiger partial charge in [-0.1, -0.05) is 5.16 Å². The Balaban J connectivity index is 1.92. The van der Waals surface area contributed by atoms with Crippen LogP contribution in [0.4, 0.5) is 0 Å². The summed E-state index contributed by atoms with van der Waals surface area (Å²) in [5, 5.41) is 7.77. The smallest absolute Gasteiger partial charge is 0.139 e. The molecule has 0 radical (unpaired) electrons. The van der Waals surface area contributed by atoms with Gasteiger partial charge in [-0.15, -0.1) is 0 Å². The van der Waals surface area contributed by atoms with Crippen LogP contribution in [0.5, 0.6) is 0 Å². The monoisotopic (exact) mass is 288 g/mol. The third kappa shape index (κ3) is 2.62. The van der Waals surface area contributed by atoms with Gasteiger partial charge in [0, 0.05) is 23.8 Å². The largest absolute Gasteiger partial charge is 0.361 e. The van der Waals surface area contributed by atoms with Crippen molar-refractivity contribution in [1.29, 1.82) is 0 Å². The second kappa shape index (κ2) is 5.64. The minimum atomic E-state index is 0.188. The van der Waals surface area contributed by atoms with E-state index in [1.54, 1.807) is 0 Å². The molecule has 1 saturated heterocycles. The number of hydrogen-bond acceptors (Lipinski definition) is 4. The van der Waals surface area contributed by atoms with E-state index in [-0.39, 0.29) is 6.04 Å². The minimum absolute atomic E-state index is 0.188. The topological polar surface area (TPSA) is 55.9 Å². The van der Waals surface area contributed by atoms with Gasteiger partial charge >= 0.3 is 0 Å².